The number of aryl methyl sites for hydroxylation is 2. The second-order valence-electron chi connectivity index (χ2n) is 3.45. The smallest absolute Gasteiger partial charge is 0.101 e. The molecular weight excluding hydrogens is 204 g/mol. The van der Waals surface area contributed by atoms with Crippen molar-refractivity contribution >= 4 is 24.0 Å². The quantitative estimate of drug-likeness (QED) is 0.440. The van der Waals surface area contributed by atoms with Crippen LogP contribution >= 0.6 is 11.9 Å². The molecule has 0 heterocycles. The molecule has 0 saturated carbocycles. The summed E-state index contributed by atoms with van der Waals surface area (Å²) in [5.41, 5.74) is 3.56. The van der Waals surface area contributed by atoms with Crippen LogP contribution in [-0.2, 0) is 0 Å². The molecule has 2 nitrogen and oxygen atoms in total. The topological polar surface area (TPSA) is 15.6 Å². The van der Waals surface area contributed by atoms with Gasteiger partial charge in [0.1, 0.15) is 6.34 Å². The molecule has 1 rings (SSSR count). The zero-order valence-electron chi connectivity index (χ0n) is 9.82. The summed E-state index contributed by atoms with van der Waals surface area (Å²) in [5, 5.41) is 0. The van der Waals surface area contributed by atoms with Crippen molar-refractivity contribution in [2.75, 3.05) is 12.8 Å². The van der Waals surface area contributed by atoms with Crippen LogP contribution in [-0.4, -0.2) is 23.4 Å². The van der Waals surface area contributed by atoms with Crippen LogP contribution in [0, 0.1) is 13.8 Å². The van der Waals surface area contributed by atoms with Crippen molar-refractivity contribution < 1.29 is 0 Å². The van der Waals surface area contributed by atoms with Crippen LogP contribution in [0.1, 0.15) is 18.1 Å². The molecule has 0 aromatic heterocycles. The normalized spacial score (nSPS) is 10.9. The first-order chi connectivity index (χ1) is 7.17. The van der Waals surface area contributed by atoms with Gasteiger partial charge >= 0.3 is 0 Å². The number of hydrogen-bond donors (Lipinski definition) is 0. The van der Waals surface area contributed by atoms with Crippen molar-refractivity contribution in [1.82, 2.24) is 4.31 Å². The fourth-order valence-corrected chi connectivity index (χ4v) is 1.73. The standard InChI is InChI=1S/C12H18N2S/c1-5-14(15-4)9-13-12-7-6-10(2)8-11(12)3/h6-9H,5H2,1-4H3. The van der Waals surface area contributed by atoms with Crippen molar-refractivity contribution in [2.24, 2.45) is 4.99 Å². The van der Waals surface area contributed by atoms with Gasteiger partial charge < -0.3 is 4.31 Å². The van der Waals surface area contributed by atoms with Crippen LogP contribution in [0.2, 0.25) is 0 Å². The summed E-state index contributed by atoms with van der Waals surface area (Å²) < 4.78 is 2.10. The molecule has 0 aliphatic carbocycles. The van der Waals surface area contributed by atoms with Crippen molar-refractivity contribution in [3.8, 4) is 0 Å². The monoisotopic (exact) mass is 222 g/mol. The molecule has 1 aromatic carbocycles. The lowest BCUT2D eigenvalue weighted by atomic mass is 10.1. The molecule has 0 spiro atoms. The fraction of sp³-hybridized carbons (Fsp3) is 0.417. The maximum Gasteiger partial charge on any atom is 0.101 e. The molecule has 0 bridgehead atoms. The van der Waals surface area contributed by atoms with Gasteiger partial charge in [-0.25, -0.2) is 4.99 Å². The summed E-state index contributed by atoms with van der Waals surface area (Å²) in [4.78, 5) is 4.47. The third-order valence-electron chi connectivity index (χ3n) is 2.22. The minimum atomic E-state index is 0.968. The molecular formula is C12H18N2S. The molecule has 0 amide bonds. The lowest BCUT2D eigenvalue weighted by Crippen LogP contribution is -2.10. The van der Waals surface area contributed by atoms with Crippen molar-refractivity contribution in [3.05, 3.63) is 29.3 Å². The highest BCUT2D eigenvalue weighted by Gasteiger charge is 1.96. The average Bonchev–Trinajstić information content (AvgIpc) is 2.22. The van der Waals surface area contributed by atoms with Gasteiger partial charge in [-0.1, -0.05) is 29.6 Å². The number of nitrogens with zero attached hydrogens (tertiary/aromatic N) is 2. The summed E-state index contributed by atoms with van der Waals surface area (Å²) in [6.45, 7) is 7.27. The molecule has 0 radical (unpaired) electrons. The summed E-state index contributed by atoms with van der Waals surface area (Å²) in [6.07, 6.45) is 3.94. The predicted octanol–water partition coefficient (Wildman–Crippen LogP) is 3.56. The van der Waals surface area contributed by atoms with E-state index in [1.54, 1.807) is 11.9 Å². The van der Waals surface area contributed by atoms with Gasteiger partial charge in [-0.2, -0.15) is 0 Å². The molecule has 3 heteroatoms. The predicted molar refractivity (Wildman–Crippen MR) is 70.0 cm³/mol. The van der Waals surface area contributed by atoms with Gasteiger partial charge in [0.2, 0.25) is 0 Å². The maximum absolute atomic E-state index is 4.47. The Labute approximate surface area is 96.5 Å². The first kappa shape index (κ1) is 12.1. The average molecular weight is 222 g/mol. The Kier molecular flexibility index (Phi) is 4.69. The van der Waals surface area contributed by atoms with Crippen LogP contribution in [0.25, 0.3) is 0 Å². The third-order valence-corrected chi connectivity index (χ3v) is 3.05. The first-order valence-electron chi connectivity index (χ1n) is 5.09. The molecule has 1 aromatic rings. The Morgan fingerprint density at radius 2 is 2.13 bits per heavy atom. The van der Waals surface area contributed by atoms with Gasteiger partial charge in [0.15, 0.2) is 0 Å². The zero-order valence-corrected chi connectivity index (χ0v) is 10.6. The Bertz CT molecular complexity index is 343. The number of rotatable bonds is 4. The molecule has 0 atom stereocenters. The Balaban J connectivity index is 2.80. The Morgan fingerprint density at radius 3 is 2.67 bits per heavy atom. The number of hydrogen-bond acceptors (Lipinski definition) is 2. The largest absolute Gasteiger partial charge is 0.307 e. The van der Waals surface area contributed by atoms with Crippen LogP contribution in [0.3, 0.4) is 0 Å². The molecule has 0 aliphatic rings. The Hall–Kier alpha value is -0.960. The second kappa shape index (κ2) is 5.81. The minimum absolute atomic E-state index is 0.968. The number of benzene rings is 1. The molecule has 15 heavy (non-hydrogen) atoms. The SMILES string of the molecule is CCN(C=Nc1ccc(C)cc1C)SC. The van der Waals surface area contributed by atoms with E-state index in [9.17, 15) is 0 Å². The maximum atomic E-state index is 4.47. The lowest BCUT2D eigenvalue weighted by Gasteiger charge is -2.12. The lowest BCUT2D eigenvalue weighted by molar-refractivity contribution is 0.737. The first-order valence-corrected chi connectivity index (χ1v) is 6.27. The molecule has 0 fully saturated rings. The van der Waals surface area contributed by atoms with Crippen LogP contribution in [0.5, 0.6) is 0 Å². The van der Waals surface area contributed by atoms with Gasteiger partial charge in [-0.15, -0.1) is 0 Å². The van der Waals surface area contributed by atoms with E-state index >= 15 is 0 Å². The molecule has 82 valence electrons. The molecule has 0 N–H and O–H groups in total. The van der Waals surface area contributed by atoms with Gasteiger partial charge in [-0.3, -0.25) is 0 Å². The van der Waals surface area contributed by atoms with Crippen LogP contribution < -0.4 is 0 Å². The van der Waals surface area contributed by atoms with Gasteiger partial charge in [0.05, 0.1) is 5.69 Å². The molecule has 0 aliphatic heterocycles. The van der Waals surface area contributed by atoms with Crippen molar-refractivity contribution in [1.29, 1.82) is 0 Å². The van der Waals surface area contributed by atoms with Gasteiger partial charge in [0.25, 0.3) is 0 Å². The zero-order chi connectivity index (χ0) is 11.3. The second-order valence-corrected chi connectivity index (χ2v) is 4.28. The molecule has 0 saturated heterocycles. The van der Waals surface area contributed by atoms with E-state index in [4.69, 9.17) is 0 Å². The van der Waals surface area contributed by atoms with E-state index < -0.39 is 0 Å². The Morgan fingerprint density at radius 1 is 1.40 bits per heavy atom. The summed E-state index contributed by atoms with van der Waals surface area (Å²) in [7, 11) is 0. The highest BCUT2D eigenvalue weighted by Crippen LogP contribution is 2.19. The summed E-state index contributed by atoms with van der Waals surface area (Å²) >= 11 is 1.68. The van der Waals surface area contributed by atoms with Crippen LogP contribution in [0.15, 0.2) is 23.2 Å². The van der Waals surface area contributed by atoms with Crippen LogP contribution in [0.4, 0.5) is 5.69 Å². The minimum Gasteiger partial charge on any atom is -0.307 e. The highest BCUT2D eigenvalue weighted by molar-refractivity contribution is 7.96. The van der Waals surface area contributed by atoms with E-state index in [1.807, 2.05) is 6.34 Å². The van der Waals surface area contributed by atoms with Gasteiger partial charge in [0, 0.05) is 12.8 Å². The van der Waals surface area contributed by atoms with E-state index in [1.165, 1.54) is 11.1 Å². The fourth-order valence-electron chi connectivity index (χ4n) is 1.33. The van der Waals surface area contributed by atoms with Gasteiger partial charge in [-0.05, 0) is 32.4 Å². The van der Waals surface area contributed by atoms with E-state index in [-0.39, 0.29) is 0 Å². The van der Waals surface area contributed by atoms with Crippen molar-refractivity contribution in [2.45, 2.75) is 20.8 Å². The van der Waals surface area contributed by atoms with E-state index in [0.717, 1.165) is 12.2 Å². The molecule has 0 unspecified atom stereocenters. The number of aliphatic imine (C=N–C) groups is 1. The van der Waals surface area contributed by atoms with E-state index in [0.29, 0.717) is 0 Å². The summed E-state index contributed by atoms with van der Waals surface area (Å²) in [5.74, 6) is 0. The van der Waals surface area contributed by atoms with E-state index in [2.05, 4.69) is 54.5 Å². The van der Waals surface area contributed by atoms with Crippen molar-refractivity contribution in [3.63, 3.8) is 0 Å². The highest BCUT2D eigenvalue weighted by atomic mass is 32.2. The third kappa shape index (κ3) is 3.59. The summed E-state index contributed by atoms with van der Waals surface area (Å²) in [6, 6.07) is 6.31.